The predicted octanol–water partition coefficient (Wildman–Crippen LogP) is 1.47. The molecule has 0 amide bonds. The Labute approximate surface area is 89.2 Å². The molecule has 1 saturated carbocycles. The van der Waals surface area contributed by atoms with E-state index in [2.05, 4.69) is 0 Å². The van der Waals surface area contributed by atoms with Crippen molar-refractivity contribution in [1.82, 2.24) is 0 Å². The Hall–Kier alpha value is -1.35. The van der Waals surface area contributed by atoms with Gasteiger partial charge in [-0.05, 0) is 17.9 Å². The minimum absolute atomic E-state index is 0.251. The molecule has 1 aliphatic carbocycles. The summed E-state index contributed by atoms with van der Waals surface area (Å²) in [5.41, 5.74) is 6.10. The van der Waals surface area contributed by atoms with Crippen LogP contribution in [-0.4, -0.2) is 11.5 Å². The predicted molar refractivity (Wildman–Crippen MR) is 56.9 cm³/mol. The second-order valence-corrected chi connectivity index (χ2v) is 4.21. The van der Waals surface area contributed by atoms with Crippen molar-refractivity contribution in [2.75, 3.05) is 0 Å². The Morgan fingerprint density at radius 3 is 2.67 bits per heavy atom. The van der Waals surface area contributed by atoms with Crippen molar-refractivity contribution in [3.63, 3.8) is 0 Å². The van der Waals surface area contributed by atoms with E-state index in [1.807, 2.05) is 37.3 Å². The van der Waals surface area contributed by atoms with Crippen LogP contribution in [-0.2, 0) is 16.1 Å². The Balaban J connectivity index is 1.87. The third kappa shape index (κ3) is 2.02. The molecule has 3 nitrogen and oxygen atoms in total. The Morgan fingerprint density at radius 1 is 1.53 bits per heavy atom. The van der Waals surface area contributed by atoms with Crippen molar-refractivity contribution in [2.24, 2.45) is 11.7 Å². The zero-order valence-electron chi connectivity index (χ0n) is 8.77. The highest BCUT2D eigenvalue weighted by atomic mass is 16.5. The van der Waals surface area contributed by atoms with Gasteiger partial charge in [0.2, 0.25) is 0 Å². The lowest BCUT2D eigenvalue weighted by atomic mass is 10.2. The van der Waals surface area contributed by atoms with Crippen LogP contribution in [0.2, 0.25) is 0 Å². The number of carbonyl (C=O) groups is 1. The van der Waals surface area contributed by atoms with E-state index in [-0.39, 0.29) is 11.9 Å². The minimum Gasteiger partial charge on any atom is -0.459 e. The number of nitrogens with two attached hydrogens (primary N) is 1. The molecule has 0 saturated heterocycles. The van der Waals surface area contributed by atoms with Gasteiger partial charge >= 0.3 is 5.97 Å². The number of rotatable bonds is 3. The van der Waals surface area contributed by atoms with Crippen LogP contribution in [0.1, 0.15) is 18.9 Å². The van der Waals surface area contributed by atoms with Gasteiger partial charge in [0.25, 0.3) is 0 Å². The van der Waals surface area contributed by atoms with E-state index in [4.69, 9.17) is 10.5 Å². The maximum absolute atomic E-state index is 11.6. The number of carbonyl (C=O) groups excluding carboxylic acids is 1. The van der Waals surface area contributed by atoms with Crippen molar-refractivity contribution in [2.45, 2.75) is 25.5 Å². The molecule has 1 aliphatic rings. The number of esters is 1. The molecule has 15 heavy (non-hydrogen) atoms. The molecule has 0 spiro atoms. The van der Waals surface area contributed by atoms with Crippen LogP contribution in [0.15, 0.2) is 30.3 Å². The summed E-state index contributed by atoms with van der Waals surface area (Å²) in [5, 5.41) is 0. The van der Waals surface area contributed by atoms with Crippen molar-refractivity contribution in [3.8, 4) is 0 Å². The number of hydrogen-bond donors (Lipinski definition) is 1. The van der Waals surface area contributed by atoms with Crippen LogP contribution in [0.3, 0.4) is 0 Å². The molecular weight excluding hydrogens is 190 g/mol. The SMILES string of the molecule is C[C@H]1C[C@@]1(N)C(=O)OCc1ccccc1. The monoisotopic (exact) mass is 205 g/mol. The first-order valence-electron chi connectivity index (χ1n) is 5.13. The first-order valence-corrected chi connectivity index (χ1v) is 5.13. The van der Waals surface area contributed by atoms with Crippen molar-refractivity contribution in [3.05, 3.63) is 35.9 Å². The topological polar surface area (TPSA) is 52.3 Å². The molecule has 0 aliphatic heterocycles. The zero-order valence-corrected chi connectivity index (χ0v) is 8.77. The Kier molecular flexibility index (Phi) is 2.49. The molecule has 0 unspecified atom stereocenters. The van der Waals surface area contributed by atoms with E-state index >= 15 is 0 Å². The summed E-state index contributed by atoms with van der Waals surface area (Å²) in [6, 6.07) is 9.61. The van der Waals surface area contributed by atoms with Gasteiger partial charge < -0.3 is 10.5 Å². The molecule has 0 bridgehead atoms. The van der Waals surface area contributed by atoms with E-state index in [9.17, 15) is 4.79 Å². The van der Waals surface area contributed by atoms with Gasteiger partial charge in [0.1, 0.15) is 12.1 Å². The van der Waals surface area contributed by atoms with Gasteiger partial charge in [0.15, 0.2) is 0 Å². The van der Waals surface area contributed by atoms with Crippen molar-refractivity contribution in [1.29, 1.82) is 0 Å². The smallest absolute Gasteiger partial charge is 0.326 e. The summed E-state index contributed by atoms with van der Waals surface area (Å²) < 4.78 is 5.16. The molecule has 2 rings (SSSR count). The fraction of sp³-hybridized carbons (Fsp3) is 0.417. The van der Waals surface area contributed by atoms with Gasteiger partial charge in [0.05, 0.1) is 0 Å². The summed E-state index contributed by atoms with van der Waals surface area (Å²) >= 11 is 0. The number of ether oxygens (including phenoxy) is 1. The van der Waals surface area contributed by atoms with E-state index in [0.717, 1.165) is 12.0 Å². The summed E-state index contributed by atoms with van der Waals surface area (Å²) in [6.45, 7) is 2.27. The van der Waals surface area contributed by atoms with Gasteiger partial charge in [-0.2, -0.15) is 0 Å². The van der Waals surface area contributed by atoms with E-state index in [0.29, 0.717) is 6.61 Å². The second-order valence-electron chi connectivity index (χ2n) is 4.21. The lowest BCUT2D eigenvalue weighted by Gasteiger charge is -2.10. The van der Waals surface area contributed by atoms with Crippen LogP contribution in [0.25, 0.3) is 0 Å². The standard InChI is InChI=1S/C12H15NO2/c1-9-7-12(9,13)11(14)15-8-10-5-3-2-4-6-10/h2-6,9H,7-8,13H2,1H3/t9-,12-/m0/s1. The molecule has 80 valence electrons. The van der Waals surface area contributed by atoms with Gasteiger partial charge in [-0.1, -0.05) is 37.3 Å². The highest BCUT2D eigenvalue weighted by Gasteiger charge is 2.55. The third-order valence-corrected chi connectivity index (χ3v) is 2.96. The summed E-state index contributed by atoms with van der Waals surface area (Å²) in [4.78, 5) is 11.6. The normalized spacial score (nSPS) is 28.5. The Bertz CT molecular complexity index is 363. The number of hydrogen-bond acceptors (Lipinski definition) is 3. The van der Waals surface area contributed by atoms with Crippen LogP contribution in [0, 0.1) is 5.92 Å². The molecule has 1 aromatic carbocycles. The maximum atomic E-state index is 11.6. The van der Waals surface area contributed by atoms with Crippen LogP contribution < -0.4 is 5.73 Å². The summed E-state index contributed by atoms with van der Waals surface area (Å²) in [6.07, 6.45) is 0.737. The number of benzene rings is 1. The lowest BCUT2D eigenvalue weighted by molar-refractivity contribution is -0.148. The maximum Gasteiger partial charge on any atom is 0.326 e. The largest absolute Gasteiger partial charge is 0.459 e. The summed E-state index contributed by atoms with van der Waals surface area (Å²) in [7, 11) is 0. The van der Waals surface area contributed by atoms with Gasteiger partial charge in [-0.3, -0.25) is 4.79 Å². The average molecular weight is 205 g/mol. The molecule has 2 N–H and O–H groups in total. The minimum atomic E-state index is -0.714. The second kappa shape index (κ2) is 3.66. The fourth-order valence-corrected chi connectivity index (χ4v) is 1.59. The van der Waals surface area contributed by atoms with Crippen molar-refractivity contribution >= 4 is 5.97 Å². The van der Waals surface area contributed by atoms with E-state index in [1.54, 1.807) is 0 Å². The molecule has 1 aromatic rings. The van der Waals surface area contributed by atoms with E-state index < -0.39 is 5.54 Å². The zero-order chi connectivity index (χ0) is 10.9. The summed E-state index contributed by atoms with van der Waals surface area (Å²) in [5.74, 6) is -0.0281. The van der Waals surface area contributed by atoms with E-state index in [1.165, 1.54) is 0 Å². The van der Waals surface area contributed by atoms with Crippen LogP contribution in [0.4, 0.5) is 0 Å². The molecule has 0 heterocycles. The average Bonchev–Trinajstić information content (AvgIpc) is 2.86. The first-order chi connectivity index (χ1) is 7.13. The molecule has 2 atom stereocenters. The lowest BCUT2D eigenvalue weighted by Crippen LogP contribution is -2.36. The van der Waals surface area contributed by atoms with Gasteiger partial charge in [0, 0.05) is 0 Å². The molecular formula is C12H15NO2. The van der Waals surface area contributed by atoms with Crippen LogP contribution >= 0.6 is 0 Å². The van der Waals surface area contributed by atoms with Gasteiger partial charge in [-0.15, -0.1) is 0 Å². The highest BCUT2D eigenvalue weighted by molar-refractivity contribution is 5.84. The fourth-order valence-electron chi connectivity index (χ4n) is 1.59. The Morgan fingerprint density at radius 2 is 2.13 bits per heavy atom. The quantitative estimate of drug-likeness (QED) is 0.760. The first kappa shape index (κ1) is 10.2. The molecule has 0 aromatic heterocycles. The van der Waals surface area contributed by atoms with Crippen molar-refractivity contribution < 1.29 is 9.53 Å². The molecule has 0 radical (unpaired) electrons. The third-order valence-electron chi connectivity index (χ3n) is 2.96. The van der Waals surface area contributed by atoms with Gasteiger partial charge in [-0.25, -0.2) is 0 Å². The molecule has 3 heteroatoms. The van der Waals surface area contributed by atoms with Crippen LogP contribution in [0.5, 0.6) is 0 Å². The molecule has 1 fully saturated rings. The highest BCUT2D eigenvalue weighted by Crippen LogP contribution is 2.41.